The third-order valence-corrected chi connectivity index (χ3v) is 4.49. The van der Waals surface area contributed by atoms with Gasteiger partial charge in [0.05, 0.1) is 6.61 Å². The molecular formula is C21H19N3O7. The molecule has 0 spiro atoms. The maximum Gasteiger partial charge on any atom is 0.373 e. The van der Waals surface area contributed by atoms with Gasteiger partial charge in [-0.2, -0.15) is 0 Å². The minimum atomic E-state index is -0.763. The predicted octanol–water partition coefficient (Wildman–Crippen LogP) is 2.41. The molecule has 0 radical (unpaired) electrons. The highest BCUT2D eigenvalue weighted by atomic mass is 16.7. The molecular weight excluding hydrogens is 406 g/mol. The molecule has 10 nitrogen and oxygen atoms in total. The minimum absolute atomic E-state index is 0.0427. The maximum absolute atomic E-state index is 11.9. The van der Waals surface area contributed by atoms with Crippen molar-refractivity contribution >= 4 is 23.0 Å². The summed E-state index contributed by atoms with van der Waals surface area (Å²) in [5, 5.41) is 19.1. The van der Waals surface area contributed by atoms with Crippen LogP contribution in [0, 0.1) is 0 Å². The number of esters is 2. The van der Waals surface area contributed by atoms with E-state index in [1.54, 1.807) is 25.1 Å². The second-order valence-electron chi connectivity index (χ2n) is 6.62. The lowest BCUT2D eigenvalue weighted by molar-refractivity contribution is -0.151. The van der Waals surface area contributed by atoms with Crippen LogP contribution in [0.15, 0.2) is 42.7 Å². The average molecular weight is 425 g/mol. The number of ether oxygens (including phenoxy) is 4. The van der Waals surface area contributed by atoms with Gasteiger partial charge < -0.3 is 24.1 Å². The van der Waals surface area contributed by atoms with E-state index in [0.29, 0.717) is 34.6 Å². The summed E-state index contributed by atoms with van der Waals surface area (Å²) in [5.74, 6) is -0.786. The number of phenols is 1. The Bertz CT molecular complexity index is 1190. The Balaban J connectivity index is 1.45. The van der Waals surface area contributed by atoms with Gasteiger partial charge in [0.25, 0.3) is 0 Å². The van der Waals surface area contributed by atoms with E-state index < -0.39 is 11.9 Å². The zero-order chi connectivity index (χ0) is 22.0. The Hall–Kier alpha value is -4.08. The number of aryl methyl sites for hydroxylation is 1. The molecule has 1 aliphatic rings. The van der Waals surface area contributed by atoms with E-state index in [1.807, 2.05) is 6.07 Å². The van der Waals surface area contributed by atoms with Crippen LogP contribution in [0.4, 0.5) is 0 Å². The molecule has 1 aliphatic heterocycles. The van der Waals surface area contributed by atoms with Gasteiger partial charge in [-0.3, -0.25) is 4.79 Å². The monoisotopic (exact) mass is 425 g/mol. The number of rotatable bonds is 7. The number of phenolic OH excluding ortho intramolecular Hbond substituents is 1. The fourth-order valence-corrected chi connectivity index (χ4v) is 2.99. The van der Waals surface area contributed by atoms with Crippen LogP contribution >= 0.6 is 0 Å². The molecule has 160 valence electrons. The molecule has 0 aliphatic carbocycles. The van der Waals surface area contributed by atoms with Crippen LogP contribution in [-0.2, 0) is 25.5 Å². The number of carbonyl (C=O) groups is 2. The first-order valence-electron chi connectivity index (χ1n) is 9.50. The molecule has 4 rings (SSSR count). The lowest BCUT2D eigenvalue weighted by atomic mass is 10.1. The molecule has 1 aromatic heterocycles. The smallest absolute Gasteiger partial charge is 0.373 e. The fraction of sp³-hybridized carbons (Fsp3) is 0.238. The first kappa shape index (κ1) is 20.2. The van der Waals surface area contributed by atoms with Gasteiger partial charge in [-0.1, -0.05) is 6.07 Å². The molecule has 0 amide bonds. The second kappa shape index (κ2) is 8.34. The lowest BCUT2D eigenvalue weighted by Gasteiger charge is -2.06. The first-order valence-corrected chi connectivity index (χ1v) is 9.50. The van der Waals surface area contributed by atoms with Gasteiger partial charge in [0.2, 0.25) is 12.6 Å². The topological polar surface area (TPSA) is 122 Å². The van der Waals surface area contributed by atoms with Crippen molar-refractivity contribution in [2.75, 3.05) is 13.4 Å². The zero-order valence-electron chi connectivity index (χ0n) is 16.7. The third kappa shape index (κ3) is 4.27. The number of hydrogen-bond acceptors (Lipinski definition) is 9. The van der Waals surface area contributed by atoms with Gasteiger partial charge in [-0.25, -0.2) is 4.79 Å². The number of nitrogens with zero attached hydrogens (tertiary/aromatic N) is 3. The van der Waals surface area contributed by atoms with Crippen molar-refractivity contribution in [3.05, 3.63) is 48.2 Å². The SMILES string of the molecule is C=C(OC(=O)CCc1ccc2nn(-c3cc4c(cc3O)OCO4)nc2c1)C(=O)OCC. The molecule has 2 heterocycles. The Morgan fingerprint density at radius 2 is 1.90 bits per heavy atom. The lowest BCUT2D eigenvalue weighted by Crippen LogP contribution is -2.14. The molecule has 3 aromatic rings. The van der Waals surface area contributed by atoms with Crippen molar-refractivity contribution in [2.45, 2.75) is 19.8 Å². The molecule has 0 bridgehead atoms. The number of carbonyl (C=O) groups excluding carboxylic acids is 2. The molecule has 0 unspecified atom stereocenters. The van der Waals surface area contributed by atoms with Crippen LogP contribution in [0.5, 0.6) is 17.2 Å². The van der Waals surface area contributed by atoms with E-state index in [0.717, 1.165) is 5.56 Å². The van der Waals surface area contributed by atoms with E-state index in [-0.39, 0.29) is 31.3 Å². The fourth-order valence-electron chi connectivity index (χ4n) is 2.99. The van der Waals surface area contributed by atoms with Crippen LogP contribution in [0.1, 0.15) is 18.9 Å². The summed E-state index contributed by atoms with van der Waals surface area (Å²) < 4.78 is 20.2. The van der Waals surface area contributed by atoms with Crippen molar-refractivity contribution in [1.29, 1.82) is 0 Å². The quantitative estimate of drug-likeness (QED) is 0.345. The molecule has 31 heavy (non-hydrogen) atoms. The predicted molar refractivity (Wildman–Crippen MR) is 107 cm³/mol. The summed E-state index contributed by atoms with van der Waals surface area (Å²) >= 11 is 0. The van der Waals surface area contributed by atoms with E-state index >= 15 is 0 Å². The molecule has 0 saturated carbocycles. The summed E-state index contributed by atoms with van der Waals surface area (Å²) in [6.45, 7) is 5.30. The molecule has 1 N–H and O–H groups in total. The van der Waals surface area contributed by atoms with Crippen LogP contribution in [0.3, 0.4) is 0 Å². The Morgan fingerprint density at radius 3 is 2.68 bits per heavy atom. The second-order valence-corrected chi connectivity index (χ2v) is 6.62. The summed E-state index contributed by atoms with van der Waals surface area (Å²) in [5.41, 5.74) is 2.37. The summed E-state index contributed by atoms with van der Waals surface area (Å²) in [7, 11) is 0. The number of benzene rings is 2. The number of hydrogen-bond donors (Lipinski definition) is 1. The summed E-state index contributed by atoms with van der Waals surface area (Å²) in [6, 6.07) is 8.42. The van der Waals surface area contributed by atoms with Crippen molar-refractivity contribution in [1.82, 2.24) is 15.0 Å². The molecule has 0 saturated heterocycles. The molecule has 10 heteroatoms. The summed E-state index contributed by atoms with van der Waals surface area (Å²) in [6.07, 6.45) is 0.411. The largest absolute Gasteiger partial charge is 0.505 e. The van der Waals surface area contributed by atoms with Crippen LogP contribution < -0.4 is 9.47 Å². The van der Waals surface area contributed by atoms with E-state index in [4.69, 9.17) is 18.9 Å². The van der Waals surface area contributed by atoms with Gasteiger partial charge in [0.15, 0.2) is 11.5 Å². The van der Waals surface area contributed by atoms with E-state index in [1.165, 1.54) is 10.9 Å². The van der Waals surface area contributed by atoms with E-state index in [9.17, 15) is 14.7 Å². The molecule has 0 fully saturated rings. The molecule has 0 atom stereocenters. The standard InChI is InChI=1S/C21H19N3O7/c1-3-28-21(27)12(2)31-20(26)7-5-13-4-6-14-15(8-13)23-24(22-14)16-9-18-19(10-17(16)25)30-11-29-18/h4,6,8-10,25H,2-3,5,7,11H2,1H3. The van der Waals surface area contributed by atoms with Crippen molar-refractivity contribution in [3.63, 3.8) is 0 Å². The number of fused-ring (bicyclic) bond motifs is 2. The third-order valence-electron chi connectivity index (χ3n) is 4.49. The summed E-state index contributed by atoms with van der Waals surface area (Å²) in [4.78, 5) is 24.7. The average Bonchev–Trinajstić information content (AvgIpc) is 3.37. The highest BCUT2D eigenvalue weighted by Crippen LogP contribution is 2.39. The normalized spacial score (nSPS) is 12.0. The van der Waals surface area contributed by atoms with Gasteiger partial charge in [-0.05, 0) is 37.6 Å². The number of aromatic nitrogens is 3. The Labute approximate surface area is 176 Å². The van der Waals surface area contributed by atoms with Crippen LogP contribution in [0.25, 0.3) is 16.7 Å². The Morgan fingerprint density at radius 1 is 1.16 bits per heavy atom. The highest BCUT2D eigenvalue weighted by molar-refractivity contribution is 5.89. The first-order chi connectivity index (χ1) is 14.9. The highest BCUT2D eigenvalue weighted by Gasteiger charge is 2.19. The zero-order valence-corrected chi connectivity index (χ0v) is 16.7. The van der Waals surface area contributed by atoms with Gasteiger partial charge in [-0.15, -0.1) is 15.0 Å². The van der Waals surface area contributed by atoms with Gasteiger partial charge in [0, 0.05) is 18.6 Å². The van der Waals surface area contributed by atoms with Crippen molar-refractivity contribution in [2.24, 2.45) is 0 Å². The van der Waals surface area contributed by atoms with Gasteiger partial charge in [0.1, 0.15) is 22.5 Å². The number of aromatic hydroxyl groups is 1. The van der Waals surface area contributed by atoms with Crippen molar-refractivity contribution in [3.8, 4) is 22.9 Å². The molecule has 2 aromatic carbocycles. The Kier molecular flexibility index (Phi) is 5.44. The van der Waals surface area contributed by atoms with Crippen molar-refractivity contribution < 1.29 is 33.6 Å². The minimum Gasteiger partial charge on any atom is -0.505 e. The maximum atomic E-state index is 11.9. The van der Waals surface area contributed by atoms with E-state index in [2.05, 4.69) is 16.8 Å². The van der Waals surface area contributed by atoms with Gasteiger partial charge >= 0.3 is 11.9 Å². The van der Waals surface area contributed by atoms with Crippen LogP contribution in [-0.4, -0.2) is 45.4 Å². The van der Waals surface area contributed by atoms with Crippen LogP contribution in [0.2, 0.25) is 0 Å².